The first-order valence-electron chi connectivity index (χ1n) is 7.76. The topological polar surface area (TPSA) is 101 Å². The molecule has 0 fully saturated rings. The fourth-order valence-corrected chi connectivity index (χ4v) is 3.85. The fourth-order valence-electron chi connectivity index (χ4n) is 2.42. The molecule has 0 saturated carbocycles. The molecule has 0 heterocycles. The molecule has 0 bridgehead atoms. The van der Waals surface area contributed by atoms with Gasteiger partial charge in [0.1, 0.15) is 0 Å². The lowest BCUT2D eigenvalue weighted by atomic mass is 9.92. The zero-order chi connectivity index (χ0) is 17.7. The van der Waals surface area contributed by atoms with Gasteiger partial charge in [-0.25, -0.2) is 13.1 Å². The summed E-state index contributed by atoms with van der Waals surface area (Å²) >= 11 is 0. The molecule has 0 aromatic heterocycles. The normalized spacial score (nSPS) is 14.5. The molecule has 23 heavy (non-hydrogen) atoms. The van der Waals surface area contributed by atoms with Gasteiger partial charge in [0.25, 0.3) is 0 Å². The van der Waals surface area contributed by atoms with Crippen LogP contribution in [0, 0.1) is 5.92 Å². The monoisotopic (exact) mass is 341 g/mol. The molecule has 0 aliphatic carbocycles. The van der Waals surface area contributed by atoms with E-state index in [2.05, 4.69) is 10.0 Å². The van der Waals surface area contributed by atoms with Crippen LogP contribution in [0.4, 0.5) is 5.69 Å². The molecule has 4 N–H and O–H groups in total. The predicted octanol–water partition coefficient (Wildman–Crippen LogP) is 2.08. The van der Waals surface area contributed by atoms with Crippen LogP contribution in [0.15, 0.2) is 29.2 Å². The average molecular weight is 341 g/mol. The van der Waals surface area contributed by atoms with Crippen molar-refractivity contribution in [1.82, 2.24) is 4.72 Å². The molecular formula is C16H27N3O3S. The van der Waals surface area contributed by atoms with E-state index >= 15 is 0 Å². The number of carbonyl (C=O) groups is 1. The molecule has 6 nitrogen and oxygen atoms in total. The van der Waals surface area contributed by atoms with Crippen LogP contribution < -0.4 is 15.8 Å². The van der Waals surface area contributed by atoms with Gasteiger partial charge in [-0.15, -0.1) is 0 Å². The summed E-state index contributed by atoms with van der Waals surface area (Å²) in [6.45, 7) is 7.82. The Kier molecular flexibility index (Phi) is 6.73. The highest BCUT2D eigenvalue weighted by Crippen LogP contribution is 2.20. The van der Waals surface area contributed by atoms with E-state index in [4.69, 9.17) is 5.73 Å². The maximum absolute atomic E-state index is 12.5. The van der Waals surface area contributed by atoms with Gasteiger partial charge in [-0.05, 0) is 43.5 Å². The zero-order valence-corrected chi connectivity index (χ0v) is 15.0. The highest BCUT2D eigenvalue weighted by molar-refractivity contribution is 7.89. The van der Waals surface area contributed by atoms with Gasteiger partial charge >= 0.3 is 0 Å². The van der Waals surface area contributed by atoms with E-state index in [1.54, 1.807) is 26.0 Å². The van der Waals surface area contributed by atoms with Crippen molar-refractivity contribution in [2.75, 3.05) is 11.9 Å². The van der Waals surface area contributed by atoms with Gasteiger partial charge in [0.05, 0.1) is 4.90 Å². The van der Waals surface area contributed by atoms with Crippen molar-refractivity contribution in [3.63, 3.8) is 0 Å². The van der Waals surface area contributed by atoms with E-state index in [-0.39, 0.29) is 17.3 Å². The number of sulfonamides is 1. The average Bonchev–Trinajstić information content (AvgIpc) is 2.46. The van der Waals surface area contributed by atoms with E-state index < -0.39 is 15.6 Å². The molecule has 1 aromatic rings. The smallest absolute Gasteiger partial charge is 0.241 e. The summed E-state index contributed by atoms with van der Waals surface area (Å²) < 4.78 is 27.7. The first-order chi connectivity index (χ1) is 10.6. The predicted molar refractivity (Wildman–Crippen MR) is 92.6 cm³/mol. The summed E-state index contributed by atoms with van der Waals surface area (Å²) in [5.74, 6) is 0.198. The molecule has 0 spiro atoms. The Hall–Kier alpha value is -1.44. The summed E-state index contributed by atoms with van der Waals surface area (Å²) in [5, 5.41) is 2.68. The van der Waals surface area contributed by atoms with Crippen LogP contribution in [0.2, 0.25) is 0 Å². The quantitative estimate of drug-likeness (QED) is 0.674. The van der Waals surface area contributed by atoms with Crippen LogP contribution in [0.1, 0.15) is 40.5 Å². The van der Waals surface area contributed by atoms with Crippen molar-refractivity contribution in [3.05, 3.63) is 24.3 Å². The molecule has 130 valence electrons. The van der Waals surface area contributed by atoms with Gasteiger partial charge in [-0.3, -0.25) is 4.79 Å². The minimum atomic E-state index is -3.67. The first kappa shape index (κ1) is 19.6. The van der Waals surface area contributed by atoms with Crippen molar-refractivity contribution in [1.29, 1.82) is 0 Å². The van der Waals surface area contributed by atoms with Crippen LogP contribution >= 0.6 is 0 Å². The molecule has 7 heteroatoms. The number of benzene rings is 1. The molecule has 1 amide bonds. The third-order valence-electron chi connectivity index (χ3n) is 3.46. The van der Waals surface area contributed by atoms with Crippen molar-refractivity contribution in [3.8, 4) is 0 Å². The number of amides is 1. The standard InChI is InChI=1S/C16H27N3O3S/c1-5-15(20)18-13-6-8-14(9-7-13)23(21,22)19-16(4,11-17)10-12(2)3/h6-9,12,19H,5,10-11,17H2,1-4H3,(H,18,20). The Morgan fingerprint density at radius 1 is 1.26 bits per heavy atom. The van der Waals surface area contributed by atoms with Crippen LogP contribution in [-0.4, -0.2) is 26.4 Å². The second kappa shape index (κ2) is 7.90. The Bertz CT molecular complexity index is 626. The lowest BCUT2D eigenvalue weighted by molar-refractivity contribution is -0.115. The number of nitrogens with one attached hydrogen (secondary N) is 2. The van der Waals surface area contributed by atoms with E-state index in [0.29, 0.717) is 24.4 Å². The van der Waals surface area contributed by atoms with Crippen LogP contribution in [0.3, 0.4) is 0 Å². The summed E-state index contributed by atoms with van der Waals surface area (Å²) in [6, 6.07) is 6.09. The molecule has 1 rings (SSSR count). The third kappa shape index (κ3) is 5.93. The van der Waals surface area contributed by atoms with Crippen LogP contribution in [-0.2, 0) is 14.8 Å². The van der Waals surface area contributed by atoms with Gasteiger partial charge < -0.3 is 11.1 Å². The minimum absolute atomic E-state index is 0.119. The van der Waals surface area contributed by atoms with E-state index in [1.165, 1.54) is 12.1 Å². The Labute approximate surface area is 138 Å². The number of carbonyl (C=O) groups excluding carboxylic acids is 1. The second-order valence-corrected chi connectivity index (χ2v) is 8.08. The fraction of sp³-hybridized carbons (Fsp3) is 0.562. The Morgan fingerprint density at radius 3 is 2.26 bits per heavy atom. The third-order valence-corrected chi connectivity index (χ3v) is 5.11. The summed E-state index contributed by atoms with van der Waals surface area (Å²) in [5.41, 5.74) is 5.64. The Morgan fingerprint density at radius 2 is 1.83 bits per heavy atom. The molecule has 0 aliphatic heterocycles. The van der Waals surface area contributed by atoms with Crippen molar-refractivity contribution < 1.29 is 13.2 Å². The number of nitrogens with two attached hydrogens (primary N) is 1. The molecule has 1 aromatic carbocycles. The van der Waals surface area contributed by atoms with Crippen molar-refractivity contribution >= 4 is 21.6 Å². The highest BCUT2D eigenvalue weighted by atomic mass is 32.2. The van der Waals surface area contributed by atoms with Gasteiger partial charge in [0.15, 0.2) is 0 Å². The van der Waals surface area contributed by atoms with Gasteiger partial charge in [-0.1, -0.05) is 20.8 Å². The van der Waals surface area contributed by atoms with E-state index in [1.807, 2.05) is 13.8 Å². The lowest BCUT2D eigenvalue weighted by Gasteiger charge is -2.30. The van der Waals surface area contributed by atoms with Crippen LogP contribution in [0.5, 0.6) is 0 Å². The number of hydrogen-bond donors (Lipinski definition) is 3. The molecule has 0 saturated heterocycles. The van der Waals surface area contributed by atoms with Gasteiger partial charge in [0.2, 0.25) is 15.9 Å². The molecular weight excluding hydrogens is 314 g/mol. The summed E-state index contributed by atoms with van der Waals surface area (Å²) in [7, 11) is -3.67. The largest absolute Gasteiger partial charge is 0.329 e. The number of anilines is 1. The summed E-state index contributed by atoms with van der Waals surface area (Å²) in [6.07, 6.45) is 1.01. The first-order valence-corrected chi connectivity index (χ1v) is 9.24. The van der Waals surface area contributed by atoms with E-state index in [0.717, 1.165) is 0 Å². The second-order valence-electron chi connectivity index (χ2n) is 6.39. The molecule has 1 atom stereocenters. The lowest BCUT2D eigenvalue weighted by Crippen LogP contribution is -2.51. The zero-order valence-electron chi connectivity index (χ0n) is 14.2. The minimum Gasteiger partial charge on any atom is -0.329 e. The molecule has 0 aliphatic rings. The van der Waals surface area contributed by atoms with Gasteiger partial charge in [-0.2, -0.15) is 0 Å². The maximum atomic E-state index is 12.5. The SMILES string of the molecule is CCC(=O)Nc1ccc(S(=O)(=O)NC(C)(CN)CC(C)C)cc1. The molecule has 0 radical (unpaired) electrons. The van der Waals surface area contributed by atoms with E-state index in [9.17, 15) is 13.2 Å². The Balaban J connectivity index is 2.93. The van der Waals surface area contributed by atoms with Crippen LogP contribution in [0.25, 0.3) is 0 Å². The number of rotatable bonds is 8. The highest BCUT2D eigenvalue weighted by Gasteiger charge is 2.30. The maximum Gasteiger partial charge on any atom is 0.241 e. The number of hydrogen-bond acceptors (Lipinski definition) is 4. The van der Waals surface area contributed by atoms with Crippen molar-refractivity contribution in [2.45, 2.75) is 51.0 Å². The van der Waals surface area contributed by atoms with Crippen molar-refractivity contribution in [2.24, 2.45) is 11.7 Å². The van der Waals surface area contributed by atoms with Gasteiger partial charge in [0, 0.05) is 24.2 Å². The molecule has 1 unspecified atom stereocenters. The summed E-state index contributed by atoms with van der Waals surface area (Å²) in [4.78, 5) is 11.5.